The first kappa shape index (κ1) is 28.2. The van der Waals surface area contributed by atoms with Crippen LogP contribution in [-0.4, -0.2) is 51.4 Å². The fourth-order valence-electron chi connectivity index (χ4n) is 5.57. The molecule has 10 nitrogen and oxygen atoms in total. The van der Waals surface area contributed by atoms with E-state index in [1.165, 1.54) is 0 Å². The monoisotopic (exact) mass is 579 g/mol. The van der Waals surface area contributed by atoms with Crippen molar-refractivity contribution in [3.63, 3.8) is 0 Å². The Morgan fingerprint density at radius 3 is 2.63 bits per heavy atom. The lowest BCUT2D eigenvalue weighted by Crippen LogP contribution is -2.42. The minimum Gasteiger partial charge on any atom is -0.454 e. The van der Waals surface area contributed by atoms with Crippen molar-refractivity contribution in [3.05, 3.63) is 95.4 Å². The number of benzene rings is 2. The molecule has 2 aliphatic heterocycles. The Balaban J connectivity index is 1.38. The second kappa shape index (κ2) is 12.1. The van der Waals surface area contributed by atoms with E-state index in [4.69, 9.17) is 14.5 Å². The second-order valence-corrected chi connectivity index (χ2v) is 10.9. The number of carbonyl (C=O) groups is 2. The molecule has 2 aromatic carbocycles. The molecule has 0 bridgehead atoms. The second-order valence-electron chi connectivity index (χ2n) is 10.9. The van der Waals surface area contributed by atoms with Gasteiger partial charge in [-0.3, -0.25) is 9.78 Å². The van der Waals surface area contributed by atoms with Crippen LogP contribution in [0.4, 0.5) is 4.79 Å². The molecule has 4 aromatic rings. The fraction of sp³-hybridized carbons (Fsp3) is 0.273. The van der Waals surface area contributed by atoms with Crippen LogP contribution in [0, 0.1) is 0 Å². The van der Waals surface area contributed by atoms with Gasteiger partial charge in [0.05, 0.1) is 11.7 Å². The molecule has 0 radical (unpaired) electrons. The summed E-state index contributed by atoms with van der Waals surface area (Å²) in [4.78, 5) is 37.6. The van der Waals surface area contributed by atoms with Gasteiger partial charge in [-0.2, -0.15) is 0 Å². The Morgan fingerprint density at radius 1 is 1.02 bits per heavy atom. The van der Waals surface area contributed by atoms with Crippen molar-refractivity contribution in [1.29, 1.82) is 0 Å². The van der Waals surface area contributed by atoms with Crippen molar-refractivity contribution in [3.8, 4) is 33.9 Å². The lowest BCUT2D eigenvalue weighted by atomic mass is 9.94. The number of carbonyl (C=O) groups excluding carboxylic acids is 2. The number of nitrogens with one attached hydrogen (secondary N) is 2. The molecule has 2 aliphatic rings. The molecule has 0 spiro atoms. The zero-order chi connectivity index (χ0) is 29.9. The van der Waals surface area contributed by atoms with Gasteiger partial charge in [0.1, 0.15) is 5.69 Å². The minimum atomic E-state index is -0.408. The van der Waals surface area contributed by atoms with Crippen molar-refractivity contribution in [2.75, 3.05) is 13.4 Å². The number of urea groups is 1. The molecule has 220 valence electrons. The molecule has 0 aliphatic carbocycles. The highest BCUT2D eigenvalue weighted by Gasteiger charge is 2.37. The molecule has 2 aromatic heterocycles. The Bertz CT molecular complexity index is 1660. The largest absolute Gasteiger partial charge is 0.454 e. The summed E-state index contributed by atoms with van der Waals surface area (Å²) < 4.78 is 10.8. The average molecular weight is 580 g/mol. The Morgan fingerprint density at radius 2 is 1.84 bits per heavy atom. The standard InChI is InChI=1S/C33H33N5O5/c1-20(2)36-33(41)38-18-25-15-26(32(40)35-16-21-8-9-28-29(13-21)43-19-42-28)37-31(30(25)27(38)10-12-39)23-6-3-5-22(14-23)24-7-4-11-34-17-24/h3-9,11,13-15,17,20,27,39H,10,12,16,18-19H2,1-2H3,(H,35,40)(H,36,41). The maximum absolute atomic E-state index is 13.5. The van der Waals surface area contributed by atoms with Crippen LogP contribution in [0.5, 0.6) is 11.5 Å². The smallest absolute Gasteiger partial charge is 0.318 e. The van der Waals surface area contributed by atoms with E-state index in [-0.39, 0.29) is 43.6 Å². The van der Waals surface area contributed by atoms with Gasteiger partial charge in [-0.1, -0.05) is 30.3 Å². The van der Waals surface area contributed by atoms with Crippen LogP contribution in [0.2, 0.25) is 0 Å². The van der Waals surface area contributed by atoms with Gasteiger partial charge in [-0.15, -0.1) is 0 Å². The molecule has 43 heavy (non-hydrogen) atoms. The molecule has 0 saturated carbocycles. The molecule has 3 amide bonds. The van der Waals surface area contributed by atoms with Crippen LogP contribution in [-0.2, 0) is 13.1 Å². The Hall–Kier alpha value is -4.96. The van der Waals surface area contributed by atoms with E-state index in [2.05, 4.69) is 15.6 Å². The third-order valence-electron chi connectivity index (χ3n) is 7.52. The van der Waals surface area contributed by atoms with Crippen LogP contribution < -0.4 is 20.1 Å². The van der Waals surface area contributed by atoms with Crippen molar-refractivity contribution in [1.82, 2.24) is 25.5 Å². The van der Waals surface area contributed by atoms with E-state index in [1.54, 1.807) is 23.4 Å². The maximum atomic E-state index is 13.5. The highest BCUT2D eigenvalue weighted by atomic mass is 16.7. The number of nitrogens with zero attached hydrogens (tertiary/aromatic N) is 3. The molecular formula is C33H33N5O5. The van der Waals surface area contributed by atoms with E-state index in [9.17, 15) is 14.7 Å². The number of fused-ring (bicyclic) bond motifs is 2. The number of pyridine rings is 2. The number of aliphatic hydroxyl groups excluding tert-OH is 1. The number of hydrogen-bond acceptors (Lipinski definition) is 7. The summed E-state index contributed by atoms with van der Waals surface area (Å²) in [6, 6.07) is 18.4. The predicted molar refractivity (Wildman–Crippen MR) is 160 cm³/mol. The maximum Gasteiger partial charge on any atom is 0.318 e. The zero-order valence-corrected chi connectivity index (χ0v) is 24.0. The van der Waals surface area contributed by atoms with Crippen LogP contribution in [0.25, 0.3) is 22.4 Å². The number of hydrogen-bond donors (Lipinski definition) is 3. The van der Waals surface area contributed by atoms with Gasteiger partial charge in [-0.05, 0) is 67.3 Å². The van der Waals surface area contributed by atoms with Gasteiger partial charge in [0, 0.05) is 54.8 Å². The minimum absolute atomic E-state index is 0.0581. The first-order valence-electron chi connectivity index (χ1n) is 14.3. The molecule has 1 unspecified atom stereocenters. The Labute approximate surface area is 249 Å². The third-order valence-corrected chi connectivity index (χ3v) is 7.52. The van der Waals surface area contributed by atoms with Crippen LogP contribution in [0.1, 0.15) is 53.5 Å². The van der Waals surface area contributed by atoms with E-state index < -0.39 is 6.04 Å². The lowest BCUT2D eigenvalue weighted by Gasteiger charge is -2.26. The number of aromatic nitrogens is 2. The number of ether oxygens (including phenoxy) is 2. The topological polar surface area (TPSA) is 126 Å². The van der Waals surface area contributed by atoms with Crippen molar-refractivity contribution < 1.29 is 24.2 Å². The average Bonchev–Trinajstić information content (AvgIpc) is 3.64. The van der Waals surface area contributed by atoms with E-state index >= 15 is 0 Å². The predicted octanol–water partition coefficient (Wildman–Crippen LogP) is 4.83. The van der Waals surface area contributed by atoms with Crippen molar-refractivity contribution in [2.45, 2.75) is 45.4 Å². The molecule has 10 heteroatoms. The van der Waals surface area contributed by atoms with Gasteiger partial charge >= 0.3 is 6.03 Å². The molecule has 1 atom stereocenters. The quantitative estimate of drug-likeness (QED) is 0.273. The summed E-state index contributed by atoms with van der Waals surface area (Å²) in [5.41, 5.74) is 6.07. The van der Waals surface area contributed by atoms with Crippen LogP contribution in [0.15, 0.2) is 73.1 Å². The molecule has 3 N–H and O–H groups in total. The van der Waals surface area contributed by atoms with E-state index in [0.717, 1.165) is 33.4 Å². The molecular weight excluding hydrogens is 546 g/mol. The van der Waals surface area contributed by atoms with Crippen LogP contribution in [0.3, 0.4) is 0 Å². The summed E-state index contributed by atoms with van der Waals surface area (Å²) in [6.07, 6.45) is 3.86. The summed E-state index contributed by atoms with van der Waals surface area (Å²) in [5, 5.41) is 15.9. The van der Waals surface area contributed by atoms with Gasteiger partial charge in [-0.25, -0.2) is 9.78 Å². The van der Waals surface area contributed by atoms with Gasteiger partial charge < -0.3 is 30.1 Å². The highest BCUT2D eigenvalue weighted by molar-refractivity contribution is 5.94. The summed E-state index contributed by atoms with van der Waals surface area (Å²) in [5.74, 6) is 0.985. The summed E-state index contributed by atoms with van der Waals surface area (Å²) >= 11 is 0. The third kappa shape index (κ3) is 5.87. The lowest BCUT2D eigenvalue weighted by molar-refractivity contribution is 0.0945. The highest BCUT2D eigenvalue weighted by Crippen LogP contribution is 2.42. The number of aliphatic hydroxyl groups is 1. The van der Waals surface area contributed by atoms with E-state index in [1.807, 2.05) is 68.4 Å². The van der Waals surface area contributed by atoms with Crippen LogP contribution >= 0.6 is 0 Å². The molecule has 6 rings (SSSR count). The van der Waals surface area contributed by atoms with Gasteiger partial charge in [0.25, 0.3) is 5.91 Å². The number of amides is 3. The van der Waals surface area contributed by atoms with E-state index in [0.29, 0.717) is 30.2 Å². The SMILES string of the molecule is CC(C)NC(=O)N1Cc2cc(C(=O)NCc3ccc4c(c3)OCO4)nc(-c3cccc(-c4cccnc4)c3)c2C1CCO. The van der Waals surface area contributed by atoms with Crippen molar-refractivity contribution in [2.24, 2.45) is 0 Å². The van der Waals surface area contributed by atoms with Gasteiger partial charge in [0.2, 0.25) is 6.79 Å². The van der Waals surface area contributed by atoms with Gasteiger partial charge in [0.15, 0.2) is 11.5 Å². The summed E-state index contributed by atoms with van der Waals surface area (Å²) in [6.45, 7) is 4.44. The first-order chi connectivity index (χ1) is 20.9. The number of rotatable bonds is 8. The Kier molecular flexibility index (Phi) is 7.93. The molecule has 4 heterocycles. The summed E-state index contributed by atoms with van der Waals surface area (Å²) in [7, 11) is 0. The molecule has 0 fully saturated rings. The fourth-order valence-corrected chi connectivity index (χ4v) is 5.57. The molecule has 0 saturated heterocycles. The normalized spacial score (nSPS) is 15.0. The first-order valence-corrected chi connectivity index (χ1v) is 14.3. The van der Waals surface area contributed by atoms with Crippen molar-refractivity contribution >= 4 is 11.9 Å². The zero-order valence-electron chi connectivity index (χ0n) is 24.0.